The summed E-state index contributed by atoms with van der Waals surface area (Å²) < 4.78 is 0. The first kappa shape index (κ1) is 22.4. The van der Waals surface area contributed by atoms with E-state index in [0.29, 0.717) is 16.9 Å². The predicted octanol–water partition coefficient (Wildman–Crippen LogP) is 5.29. The number of aryl methyl sites for hydroxylation is 1. The van der Waals surface area contributed by atoms with Crippen molar-refractivity contribution in [2.24, 2.45) is 5.41 Å². The number of anilines is 3. The summed E-state index contributed by atoms with van der Waals surface area (Å²) in [7, 11) is 0. The first-order valence-electron chi connectivity index (χ1n) is 12.4. The third-order valence-corrected chi connectivity index (χ3v) is 7.24. The van der Waals surface area contributed by atoms with Gasteiger partial charge in [0.2, 0.25) is 5.95 Å². The fraction of sp³-hybridized carbons (Fsp3) is 0.393. The van der Waals surface area contributed by atoms with Gasteiger partial charge in [-0.2, -0.15) is 10.2 Å². The molecule has 2 aliphatic rings. The molecular weight excluding hydrogens is 420 g/mol. The normalized spacial score (nSPS) is 17.0. The third kappa shape index (κ3) is 4.76. The van der Waals surface area contributed by atoms with Gasteiger partial charge in [-0.15, -0.1) is 0 Å². The first-order valence-corrected chi connectivity index (χ1v) is 12.4. The van der Waals surface area contributed by atoms with E-state index in [1.54, 1.807) is 6.20 Å². The van der Waals surface area contributed by atoms with Gasteiger partial charge in [-0.25, -0.2) is 4.98 Å². The second-order valence-corrected chi connectivity index (χ2v) is 9.62. The van der Waals surface area contributed by atoms with E-state index in [0.717, 1.165) is 63.4 Å². The van der Waals surface area contributed by atoms with Crippen molar-refractivity contribution in [3.63, 3.8) is 0 Å². The van der Waals surface area contributed by atoms with Gasteiger partial charge in [-0.05, 0) is 66.5 Å². The molecule has 3 heterocycles. The number of hydrogen-bond donors (Lipinski definition) is 2. The smallest absolute Gasteiger partial charge is 0.229 e. The lowest BCUT2D eigenvalue weighted by molar-refractivity contribution is 0.247. The van der Waals surface area contributed by atoms with Crippen LogP contribution in [0.2, 0.25) is 0 Å². The van der Waals surface area contributed by atoms with Crippen LogP contribution in [0.3, 0.4) is 0 Å². The molecule has 0 aliphatic carbocycles. The number of aromatic nitrogens is 2. The highest BCUT2D eigenvalue weighted by molar-refractivity contribution is 5.71. The molecule has 2 saturated heterocycles. The Labute approximate surface area is 202 Å². The Kier molecular flexibility index (Phi) is 6.46. The van der Waals surface area contributed by atoms with E-state index in [-0.39, 0.29) is 0 Å². The van der Waals surface area contributed by atoms with Crippen LogP contribution < -0.4 is 15.5 Å². The summed E-state index contributed by atoms with van der Waals surface area (Å²) in [5, 5.41) is 16.6. The molecule has 0 radical (unpaired) electrons. The maximum absolute atomic E-state index is 9.71. The van der Waals surface area contributed by atoms with Crippen LogP contribution in [0.15, 0.2) is 54.7 Å². The summed E-state index contributed by atoms with van der Waals surface area (Å²) >= 11 is 0. The van der Waals surface area contributed by atoms with E-state index in [1.807, 2.05) is 6.07 Å². The fourth-order valence-electron chi connectivity index (χ4n) is 5.29. The number of rotatable bonds is 6. The standard InChI is InChI=1S/C28H32N6/c1-2-6-21-15-23(22-7-4-3-5-8-22)17-25(16-21)32-27-31-19-24(18-29)26(33-27)34-13-10-28(11-14-34)9-12-30-20-28/h3-5,7-8,15-17,19,30H,2,6,9-14,20H2,1H3,(H,31,32,33). The zero-order chi connectivity index (χ0) is 23.4. The van der Waals surface area contributed by atoms with Crippen LogP contribution in [0.1, 0.15) is 43.7 Å². The fourth-order valence-corrected chi connectivity index (χ4v) is 5.29. The first-order chi connectivity index (χ1) is 16.7. The summed E-state index contributed by atoms with van der Waals surface area (Å²) in [6.45, 7) is 6.28. The summed E-state index contributed by atoms with van der Waals surface area (Å²) in [6.07, 6.45) is 7.27. The zero-order valence-corrected chi connectivity index (χ0v) is 19.8. The van der Waals surface area contributed by atoms with Gasteiger partial charge in [0, 0.05) is 25.3 Å². The second-order valence-electron chi connectivity index (χ2n) is 9.62. The quantitative estimate of drug-likeness (QED) is 0.529. The average Bonchev–Trinajstić information content (AvgIpc) is 3.33. The average molecular weight is 453 g/mol. The number of nitriles is 1. The lowest BCUT2D eigenvalue weighted by Crippen LogP contribution is -2.42. The van der Waals surface area contributed by atoms with Crippen LogP contribution >= 0.6 is 0 Å². The van der Waals surface area contributed by atoms with Crippen molar-refractivity contribution in [1.82, 2.24) is 15.3 Å². The summed E-state index contributed by atoms with van der Waals surface area (Å²) in [6, 6.07) is 19.3. The molecule has 1 aromatic heterocycles. The summed E-state index contributed by atoms with van der Waals surface area (Å²) in [4.78, 5) is 11.6. The molecule has 2 fully saturated rings. The van der Waals surface area contributed by atoms with Gasteiger partial charge in [0.1, 0.15) is 11.6 Å². The second kappa shape index (κ2) is 9.82. The molecule has 0 bridgehead atoms. The molecular formula is C28H32N6. The molecule has 1 spiro atoms. The van der Waals surface area contributed by atoms with Crippen molar-refractivity contribution in [1.29, 1.82) is 5.26 Å². The van der Waals surface area contributed by atoms with Crippen LogP contribution in [0.25, 0.3) is 11.1 Å². The number of piperidine rings is 1. The summed E-state index contributed by atoms with van der Waals surface area (Å²) in [5.74, 6) is 1.28. The summed E-state index contributed by atoms with van der Waals surface area (Å²) in [5.41, 5.74) is 5.57. The molecule has 2 aromatic carbocycles. The van der Waals surface area contributed by atoms with Crippen LogP contribution in [0.5, 0.6) is 0 Å². The van der Waals surface area contributed by atoms with E-state index in [4.69, 9.17) is 4.98 Å². The van der Waals surface area contributed by atoms with Gasteiger partial charge in [0.25, 0.3) is 0 Å². The highest BCUT2D eigenvalue weighted by atomic mass is 15.2. The third-order valence-electron chi connectivity index (χ3n) is 7.24. The molecule has 6 nitrogen and oxygen atoms in total. The lowest BCUT2D eigenvalue weighted by atomic mass is 9.78. The zero-order valence-electron chi connectivity index (χ0n) is 19.8. The van der Waals surface area contributed by atoms with E-state index in [9.17, 15) is 5.26 Å². The Morgan fingerprint density at radius 2 is 1.91 bits per heavy atom. The Bertz CT molecular complexity index is 1170. The number of nitrogens with zero attached hydrogens (tertiary/aromatic N) is 4. The highest BCUT2D eigenvalue weighted by Crippen LogP contribution is 2.38. The molecule has 174 valence electrons. The molecule has 0 amide bonds. The Morgan fingerprint density at radius 1 is 1.09 bits per heavy atom. The minimum atomic E-state index is 0.422. The minimum Gasteiger partial charge on any atom is -0.355 e. The molecule has 3 aromatic rings. The SMILES string of the molecule is CCCc1cc(Nc2ncc(C#N)c(N3CCC4(CCNC4)CC3)n2)cc(-c2ccccc2)c1. The van der Waals surface area contributed by atoms with Crippen molar-refractivity contribution in [2.75, 3.05) is 36.4 Å². The molecule has 2 N–H and O–H groups in total. The maximum atomic E-state index is 9.71. The maximum Gasteiger partial charge on any atom is 0.229 e. The van der Waals surface area contributed by atoms with E-state index in [1.165, 1.54) is 23.1 Å². The largest absolute Gasteiger partial charge is 0.355 e. The van der Waals surface area contributed by atoms with Gasteiger partial charge in [-0.1, -0.05) is 49.7 Å². The Hall–Kier alpha value is -3.43. The van der Waals surface area contributed by atoms with E-state index in [2.05, 4.69) is 76.0 Å². The topological polar surface area (TPSA) is 76.9 Å². The van der Waals surface area contributed by atoms with Crippen LogP contribution in [0, 0.1) is 16.7 Å². The molecule has 6 heteroatoms. The Balaban J connectivity index is 1.40. The number of nitrogens with one attached hydrogen (secondary N) is 2. The lowest BCUT2D eigenvalue weighted by Gasteiger charge is -2.39. The molecule has 2 aliphatic heterocycles. The molecule has 34 heavy (non-hydrogen) atoms. The molecule has 5 rings (SSSR count). The predicted molar refractivity (Wildman–Crippen MR) is 137 cm³/mol. The van der Waals surface area contributed by atoms with Crippen molar-refractivity contribution in [2.45, 2.75) is 39.0 Å². The van der Waals surface area contributed by atoms with Gasteiger partial charge in [0.15, 0.2) is 5.82 Å². The van der Waals surface area contributed by atoms with Crippen LogP contribution in [-0.2, 0) is 6.42 Å². The van der Waals surface area contributed by atoms with Crippen molar-refractivity contribution < 1.29 is 0 Å². The van der Waals surface area contributed by atoms with E-state index < -0.39 is 0 Å². The minimum absolute atomic E-state index is 0.422. The highest BCUT2D eigenvalue weighted by Gasteiger charge is 2.37. The number of hydrogen-bond acceptors (Lipinski definition) is 6. The molecule has 0 atom stereocenters. The van der Waals surface area contributed by atoms with Gasteiger partial charge >= 0.3 is 0 Å². The van der Waals surface area contributed by atoms with Gasteiger partial charge in [0.05, 0.1) is 6.20 Å². The monoisotopic (exact) mass is 452 g/mol. The molecule has 0 saturated carbocycles. The number of benzene rings is 2. The molecule has 0 unspecified atom stereocenters. The van der Waals surface area contributed by atoms with Gasteiger partial charge < -0.3 is 15.5 Å². The van der Waals surface area contributed by atoms with Crippen LogP contribution in [0.4, 0.5) is 17.5 Å². The Morgan fingerprint density at radius 3 is 2.62 bits per heavy atom. The van der Waals surface area contributed by atoms with Crippen molar-refractivity contribution in [3.8, 4) is 17.2 Å². The van der Waals surface area contributed by atoms with Crippen molar-refractivity contribution >= 4 is 17.5 Å². The van der Waals surface area contributed by atoms with Gasteiger partial charge in [-0.3, -0.25) is 0 Å². The van der Waals surface area contributed by atoms with E-state index >= 15 is 0 Å². The van der Waals surface area contributed by atoms with Crippen molar-refractivity contribution in [3.05, 3.63) is 65.9 Å². The van der Waals surface area contributed by atoms with Crippen LogP contribution in [-0.4, -0.2) is 36.1 Å².